The summed E-state index contributed by atoms with van der Waals surface area (Å²) < 4.78 is 0. The highest BCUT2D eigenvalue weighted by Gasteiger charge is 2.05. The van der Waals surface area contributed by atoms with Crippen molar-refractivity contribution in [2.45, 2.75) is 6.04 Å². The van der Waals surface area contributed by atoms with E-state index in [2.05, 4.69) is 6.30 Å². The van der Waals surface area contributed by atoms with Crippen molar-refractivity contribution < 1.29 is 5.11 Å². The molecule has 0 spiro atoms. The van der Waals surface area contributed by atoms with E-state index in [4.69, 9.17) is 10.8 Å². The molecule has 0 saturated heterocycles. The zero-order chi connectivity index (χ0) is 6.57. The van der Waals surface area contributed by atoms with Gasteiger partial charge in [-0.15, -0.1) is 0 Å². The first-order valence-electron chi connectivity index (χ1n) is 2.55. The monoisotopic (exact) mass is 134 g/mol. The van der Waals surface area contributed by atoms with E-state index in [1.807, 2.05) is 6.66 Å². The average Bonchev–Trinajstić information content (AvgIpc) is 1.65. The second-order valence-electron chi connectivity index (χ2n) is 1.98. The first-order chi connectivity index (χ1) is 3.66. The van der Waals surface area contributed by atoms with E-state index in [-0.39, 0.29) is 20.2 Å². The van der Waals surface area contributed by atoms with Gasteiger partial charge in [0.15, 0.2) is 0 Å². The Morgan fingerprint density at radius 3 is 2.50 bits per heavy atom. The van der Waals surface area contributed by atoms with Crippen molar-refractivity contribution in [3.63, 3.8) is 0 Å². The van der Waals surface area contributed by atoms with Crippen molar-refractivity contribution in [2.75, 3.05) is 19.4 Å². The van der Waals surface area contributed by atoms with Crippen LogP contribution in [0.1, 0.15) is 0 Å². The lowest BCUT2D eigenvalue weighted by atomic mass is 10.4. The number of aliphatic hydroxyl groups excluding tert-OH is 1. The maximum absolute atomic E-state index is 8.44. The van der Waals surface area contributed by atoms with E-state index in [9.17, 15) is 0 Å². The van der Waals surface area contributed by atoms with Crippen molar-refractivity contribution in [3.8, 4) is 0 Å². The van der Waals surface area contributed by atoms with Gasteiger partial charge in [0.2, 0.25) is 0 Å². The highest BCUT2D eigenvalue weighted by Crippen LogP contribution is 2.12. The molecular formula is C5H13NOP+. The molecule has 0 aliphatic carbocycles. The first-order valence-corrected chi connectivity index (χ1v) is 4.71. The summed E-state index contributed by atoms with van der Waals surface area (Å²) in [6.07, 6.45) is 4.67. The predicted molar refractivity (Wildman–Crippen MR) is 39.9 cm³/mol. The Bertz CT molecular complexity index is 84.5. The Kier molecular flexibility index (Phi) is 4.06. The summed E-state index contributed by atoms with van der Waals surface area (Å²) in [6, 6.07) is -0.0522. The number of nitrogens with two attached hydrogens (primary N) is 1. The van der Waals surface area contributed by atoms with Gasteiger partial charge in [-0.2, -0.15) is 0 Å². The third kappa shape index (κ3) is 4.25. The van der Waals surface area contributed by atoms with E-state index in [0.717, 1.165) is 6.16 Å². The average molecular weight is 134 g/mol. The molecular weight excluding hydrogens is 121 g/mol. The van der Waals surface area contributed by atoms with Gasteiger partial charge < -0.3 is 10.8 Å². The van der Waals surface area contributed by atoms with Crippen LogP contribution < -0.4 is 5.73 Å². The molecule has 0 aliphatic rings. The Labute approximate surface area is 51.1 Å². The van der Waals surface area contributed by atoms with Crippen LogP contribution >= 0.6 is 7.55 Å². The summed E-state index contributed by atoms with van der Waals surface area (Å²) in [6.45, 7) is 2.13. The number of aliphatic hydroxyl groups is 1. The minimum absolute atomic E-state index is 0.0522. The molecule has 0 rings (SSSR count). The lowest BCUT2D eigenvalue weighted by Crippen LogP contribution is -2.26. The largest absolute Gasteiger partial charge is 0.395 e. The van der Waals surface area contributed by atoms with Gasteiger partial charge in [0.25, 0.3) is 0 Å². The molecule has 0 aliphatic heterocycles. The van der Waals surface area contributed by atoms with Crippen LogP contribution in [-0.2, 0) is 0 Å². The zero-order valence-electron chi connectivity index (χ0n) is 5.17. The van der Waals surface area contributed by atoms with Gasteiger partial charge in [-0.3, -0.25) is 0 Å². The standard InChI is InChI=1S/C5H13NOP/c1-8(2)4-5(6)3-7/h5,7H,1,3-4,6H2,2H3/q+1. The molecule has 0 aromatic heterocycles. The third-order valence-corrected chi connectivity index (χ3v) is 1.87. The van der Waals surface area contributed by atoms with Crippen molar-refractivity contribution >= 4 is 13.8 Å². The predicted octanol–water partition coefficient (Wildman–Crippen LogP) is -0.150. The highest BCUT2D eigenvalue weighted by molar-refractivity contribution is 7.55. The molecule has 0 bridgehead atoms. The molecule has 0 fully saturated rings. The fourth-order valence-corrected chi connectivity index (χ4v) is 1.37. The molecule has 2 nitrogen and oxygen atoms in total. The number of hydrogen-bond acceptors (Lipinski definition) is 2. The molecule has 48 valence electrons. The van der Waals surface area contributed by atoms with Crippen LogP contribution in [-0.4, -0.2) is 36.9 Å². The second kappa shape index (κ2) is 4.02. The van der Waals surface area contributed by atoms with Crippen LogP contribution in [0.3, 0.4) is 0 Å². The molecule has 3 heteroatoms. The number of hydrogen-bond donors (Lipinski definition) is 2. The molecule has 3 N–H and O–H groups in total. The van der Waals surface area contributed by atoms with Crippen LogP contribution in [0.2, 0.25) is 0 Å². The van der Waals surface area contributed by atoms with Crippen LogP contribution in [0.25, 0.3) is 0 Å². The Morgan fingerprint density at radius 1 is 1.88 bits per heavy atom. The Morgan fingerprint density at radius 2 is 2.38 bits per heavy atom. The van der Waals surface area contributed by atoms with Crippen LogP contribution in [0.15, 0.2) is 0 Å². The lowest BCUT2D eigenvalue weighted by molar-refractivity contribution is 0.275. The maximum Gasteiger partial charge on any atom is 0.123 e. The van der Waals surface area contributed by atoms with Crippen LogP contribution in [0.5, 0.6) is 0 Å². The number of rotatable bonds is 3. The summed E-state index contributed by atoms with van der Waals surface area (Å²) in [5.74, 6) is 0. The van der Waals surface area contributed by atoms with Gasteiger partial charge >= 0.3 is 0 Å². The van der Waals surface area contributed by atoms with Crippen molar-refractivity contribution in [1.29, 1.82) is 0 Å². The van der Waals surface area contributed by atoms with E-state index < -0.39 is 0 Å². The van der Waals surface area contributed by atoms with Crippen molar-refractivity contribution in [2.24, 2.45) is 5.73 Å². The smallest absolute Gasteiger partial charge is 0.123 e. The quantitative estimate of drug-likeness (QED) is 0.527. The normalized spacial score (nSPS) is 15.6. The molecule has 8 heavy (non-hydrogen) atoms. The van der Waals surface area contributed by atoms with Crippen molar-refractivity contribution in [3.05, 3.63) is 0 Å². The molecule has 2 atom stereocenters. The molecule has 0 amide bonds. The maximum atomic E-state index is 8.44. The van der Waals surface area contributed by atoms with E-state index in [0.29, 0.717) is 0 Å². The van der Waals surface area contributed by atoms with Crippen LogP contribution in [0.4, 0.5) is 0 Å². The molecule has 2 unspecified atom stereocenters. The minimum atomic E-state index is -0.181. The summed E-state index contributed by atoms with van der Waals surface area (Å²) >= 11 is 0. The molecule has 0 radical (unpaired) electrons. The van der Waals surface area contributed by atoms with E-state index in [1.165, 1.54) is 0 Å². The molecule has 0 saturated carbocycles. The molecule has 0 heterocycles. The first kappa shape index (κ1) is 8.09. The fraction of sp³-hybridized carbons (Fsp3) is 0.800. The SMILES string of the molecule is C=[P+](C)CC(N)CO. The Hall–Kier alpha value is 0.0900. The molecule has 0 aromatic carbocycles. The minimum Gasteiger partial charge on any atom is -0.395 e. The van der Waals surface area contributed by atoms with Gasteiger partial charge in [-0.25, -0.2) is 0 Å². The van der Waals surface area contributed by atoms with E-state index >= 15 is 0 Å². The summed E-state index contributed by atoms with van der Waals surface area (Å²) in [7, 11) is -0.181. The van der Waals surface area contributed by atoms with Crippen molar-refractivity contribution in [1.82, 2.24) is 0 Å². The third-order valence-electron chi connectivity index (χ3n) is 0.781. The van der Waals surface area contributed by atoms with E-state index in [1.54, 1.807) is 0 Å². The van der Waals surface area contributed by atoms with Crippen LogP contribution in [0, 0.1) is 0 Å². The fourth-order valence-electron chi connectivity index (χ4n) is 0.458. The summed E-state index contributed by atoms with van der Waals surface area (Å²) in [5, 5.41) is 8.44. The van der Waals surface area contributed by atoms with Gasteiger partial charge in [0.05, 0.1) is 33.2 Å². The van der Waals surface area contributed by atoms with Gasteiger partial charge in [-0.1, -0.05) is 0 Å². The van der Waals surface area contributed by atoms with Gasteiger partial charge in [0.1, 0.15) is 6.16 Å². The summed E-state index contributed by atoms with van der Waals surface area (Å²) in [5.41, 5.74) is 5.40. The van der Waals surface area contributed by atoms with Gasteiger partial charge in [-0.05, 0) is 0 Å². The second-order valence-corrected chi connectivity index (χ2v) is 4.06. The zero-order valence-corrected chi connectivity index (χ0v) is 6.06. The lowest BCUT2D eigenvalue weighted by Gasteiger charge is -1.98. The summed E-state index contributed by atoms with van der Waals surface area (Å²) in [4.78, 5) is 0. The van der Waals surface area contributed by atoms with Gasteiger partial charge in [0, 0.05) is 0 Å². The Balaban J connectivity index is 3.24. The topological polar surface area (TPSA) is 46.2 Å². The highest BCUT2D eigenvalue weighted by atomic mass is 31.1. The molecule has 0 aromatic rings.